The maximum atomic E-state index is 12.7. The van der Waals surface area contributed by atoms with Crippen molar-refractivity contribution in [2.45, 2.75) is 27.4 Å². The lowest BCUT2D eigenvalue weighted by molar-refractivity contribution is -0.112. The minimum absolute atomic E-state index is 0.0536. The molecule has 0 unspecified atom stereocenters. The summed E-state index contributed by atoms with van der Waals surface area (Å²) in [5.41, 5.74) is 4.15. The van der Waals surface area contributed by atoms with Crippen molar-refractivity contribution in [2.24, 2.45) is 0 Å². The number of nitriles is 1. The van der Waals surface area contributed by atoms with E-state index in [2.05, 4.69) is 27.3 Å². The fraction of sp³-hybridized carbons (Fsp3) is 0.185. The number of carbonyl (C=O) groups is 1. The Hall–Kier alpha value is -3.27. The van der Waals surface area contributed by atoms with Crippen molar-refractivity contribution in [1.82, 2.24) is 0 Å². The summed E-state index contributed by atoms with van der Waals surface area (Å²) in [4.78, 5) is 12.7. The van der Waals surface area contributed by atoms with E-state index in [1.165, 1.54) is 6.08 Å². The summed E-state index contributed by atoms with van der Waals surface area (Å²) in [7, 11) is 0. The van der Waals surface area contributed by atoms with Gasteiger partial charge in [-0.3, -0.25) is 4.79 Å². The highest BCUT2D eigenvalue weighted by molar-refractivity contribution is 9.10. The van der Waals surface area contributed by atoms with Crippen LogP contribution < -0.4 is 14.8 Å². The smallest absolute Gasteiger partial charge is 0.266 e. The van der Waals surface area contributed by atoms with Crippen LogP contribution in [0.4, 0.5) is 5.69 Å². The second kappa shape index (κ2) is 11.7. The van der Waals surface area contributed by atoms with E-state index in [1.807, 2.05) is 45.0 Å². The molecule has 0 fully saturated rings. The molecule has 0 bridgehead atoms. The van der Waals surface area contributed by atoms with Crippen molar-refractivity contribution >= 4 is 45.2 Å². The summed E-state index contributed by atoms with van der Waals surface area (Å²) < 4.78 is 12.5. The highest BCUT2D eigenvalue weighted by Gasteiger charge is 2.15. The van der Waals surface area contributed by atoms with Crippen molar-refractivity contribution in [1.29, 1.82) is 5.26 Å². The van der Waals surface area contributed by atoms with Gasteiger partial charge >= 0.3 is 0 Å². The number of benzene rings is 3. The molecule has 0 aromatic heterocycles. The molecule has 1 amide bonds. The third-order valence-corrected chi connectivity index (χ3v) is 5.75. The van der Waals surface area contributed by atoms with Gasteiger partial charge in [0.1, 0.15) is 18.2 Å². The van der Waals surface area contributed by atoms with E-state index >= 15 is 0 Å². The summed E-state index contributed by atoms with van der Waals surface area (Å²) in [5.74, 6) is 0.541. The lowest BCUT2D eigenvalue weighted by atomic mass is 10.1. The number of nitrogens with one attached hydrogen (secondary N) is 1. The monoisotopic (exact) mass is 538 g/mol. The van der Waals surface area contributed by atoms with Gasteiger partial charge in [-0.2, -0.15) is 5.26 Å². The van der Waals surface area contributed by atoms with Crippen LogP contribution in [0.2, 0.25) is 5.02 Å². The van der Waals surface area contributed by atoms with Crippen molar-refractivity contribution in [3.8, 4) is 17.6 Å². The number of hydrogen-bond donors (Lipinski definition) is 1. The predicted octanol–water partition coefficient (Wildman–Crippen LogP) is 7.24. The molecule has 174 valence electrons. The Morgan fingerprint density at radius 2 is 1.94 bits per heavy atom. The maximum absolute atomic E-state index is 12.7. The molecule has 7 heteroatoms. The standard InChI is InChI=1S/C27H24BrClN2O3/c1-4-33-25-13-20(12-23(28)26(25)34-16-19-7-5-6-17(2)10-19)11-21(15-30)27(32)31-24-14-22(29)9-8-18(24)3/h5-14H,4,16H2,1-3H3,(H,31,32)/b21-11+. The van der Waals surface area contributed by atoms with Crippen LogP contribution in [0.1, 0.15) is 29.2 Å². The summed E-state index contributed by atoms with van der Waals surface area (Å²) in [5, 5.41) is 12.9. The zero-order valence-electron chi connectivity index (χ0n) is 19.1. The molecule has 0 radical (unpaired) electrons. The Labute approximate surface area is 213 Å². The molecule has 0 aliphatic carbocycles. The van der Waals surface area contributed by atoms with E-state index in [9.17, 15) is 10.1 Å². The molecule has 0 atom stereocenters. The van der Waals surface area contributed by atoms with Crippen LogP contribution in [0.5, 0.6) is 11.5 Å². The third-order valence-electron chi connectivity index (χ3n) is 4.92. The molecule has 34 heavy (non-hydrogen) atoms. The number of hydrogen-bond acceptors (Lipinski definition) is 4. The van der Waals surface area contributed by atoms with Gasteiger partial charge in [0.05, 0.1) is 11.1 Å². The van der Waals surface area contributed by atoms with Gasteiger partial charge in [0.25, 0.3) is 5.91 Å². The molecule has 0 saturated carbocycles. The van der Waals surface area contributed by atoms with Crippen LogP contribution in [-0.4, -0.2) is 12.5 Å². The van der Waals surface area contributed by atoms with E-state index in [-0.39, 0.29) is 5.57 Å². The van der Waals surface area contributed by atoms with Crippen LogP contribution in [0.25, 0.3) is 6.08 Å². The van der Waals surface area contributed by atoms with Gasteiger partial charge in [0, 0.05) is 10.7 Å². The molecular formula is C27H24BrClN2O3. The first-order valence-electron chi connectivity index (χ1n) is 10.6. The van der Waals surface area contributed by atoms with Gasteiger partial charge in [-0.05, 0) is 83.7 Å². The highest BCUT2D eigenvalue weighted by atomic mass is 79.9. The lowest BCUT2D eigenvalue weighted by Crippen LogP contribution is -2.14. The summed E-state index contributed by atoms with van der Waals surface area (Å²) in [6, 6.07) is 18.8. The average molecular weight is 540 g/mol. The fourth-order valence-electron chi connectivity index (χ4n) is 3.27. The first-order chi connectivity index (χ1) is 16.3. The van der Waals surface area contributed by atoms with E-state index in [4.69, 9.17) is 21.1 Å². The van der Waals surface area contributed by atoms with Crippen molar-refractivity contribution in [3.05, 3.63) is 91.9 Å². The Morgan fingerprint density at radius 3 is 2.65 bits per heavy atom. The zero-order valence-corrected chi connectivity index (χ0v) is 21.5. The molecule has 3 aromatic rings. The van der Waals surface area contributed by atoms with Crippen LogP contribution in [0.3, 0.4) is 0 Å². The molecule has 1 N–H and O–H groups in total. The van der Waals surface area contributed by atoms with Gasteiger partial charge in [-0.25, -0.2) is 0 Å². The van der Waals surface area contributed by atoms with Gasteiger partial charge in [-0.15, -0.1) is 0 Å². The minimum Gasteiger partial charge on any atom is -0.490 e. The van der Waals surface area contributed by atoms with E-state index in [0.717, 1.165) is 16.7 Å². The number of carbonyl (C=O) groups excluding carboxylic acids is 1. The molecule has 0 saturated heterocycles. The molecule has 0 aliphatic heterocycles. The molecule has 0 heterocycles. The quantitative estimate of drug-likeness (QED) is 0.242. The average Bonchev–Trinajstić information content (AvgIpc) is 2.79. The summed E-state index contributed by atoms with van der Waals surface area (Å²) >= 11 is 9.58. The van der Waals surface area contributed by atoms with E-state index in [1.54, 1.807) is 30.3 Å². The van der Waals surface area contributed by atoms with Gasteiger partial charge < -0.3 is 14.8 Å². The molecule has 3 rings (SSSR count). The first kappa shape index (κ1) is 25.4. The number of ether oxygens (including phenoxy) is 2. The molecule has 0 spiro atoms. The fourth-order valence-corrected chi connectivity index (χ4v) is 4.01. The number of amides is 1. The highest BCUT2D eigenvalue weighted by Crippen LogP contribution is 2.38. The second-order valence-electron chi connectivity index (χ2n) is 7.62. The summed E-state index contributed by atoms with van der Waals surface area (Å²) in [6.07, 6.45) is 1.51. The topological polar surface area (TPSA) is 71.3 Å². The normalized spacial score (nSPS) is 11.0. The van der Waals surface area contributed by atoms with Gasteiger partial charge in [0.2, 0.25) is 0 Å². The van der Waals surface area contributed by atoms with Crippen LogP contribution in [0.15, 0.2) is 64.6 Å². The number of anilines is 1. The predicted molar refractivity (Wildman–Crippen MR) is 139 cm³/mol. The van der Waals surface area contributed by atoms with Crippen molar-refractivity contribution in [3.63, 3.8) is 0 Å². The van der Waals surface area contributed by atoms with Gasteiger partial charge in [-0.1, -0.05) is 47.5 Å². The van der Waals surface area contributed by atoms with E-state index < -0.39 is 5.91 Å². The first-order valence-corrected chi connectivity index (χ1v) is 11.8. The lowest BCUT2D eigenvalue weighted by Gasteiger charge is -2.15. The number of halogens is 2. The summed E-state index contributed by atoms with van der Waals surface area (Å²) in [6.45, 7) is 6.56. The SMILES string of the molecule is CCOc1cc(/C=C(\C#N)C(=O)Nc2cc(Cl)ccc2C)cc(Br)c1OCc1cccc(C)c1. The maximum Gasteiger partial charge on any atom is 0.266 e. The third kappa shape index (κ3) is 6.63. The molecular weight excluding hydrogens is 516 g/mol. The Morgan fingerprint density at radius 1 is 1.15 bits per heavy atom. The molecule has 3 aromatic carbocycles. The Bertz CT molecular complexity index is 1280. The van der Waals surface area contributed by atoms with Crippen LogP contribution >= 0.6 is 27.5 Å². The van der Waals surface area contributed by atoms with E-state index in [0.29, 0.717) is 45.5 Å². The van der Waals surface area contributed by atoms with Gasteiger partial charge in [0.15, 0.2) is 11.5 Å². The number of rotatable bonds is 8. The number of aryl methyl sites for hydroxylation is 2. The largest absolute Gasteiger partial charge is 0.490 e. The second-order valence-corrected chi connectivity index (χ2v) is 8.91. The minimum atomic E-state index is -0.526. The Balaban J connectivity index is 1.86. The van der Waals surface area contributed by atoms with Crippen LogP contribution in [-0.2, 0) is 11.4 Å². The number of nitrogens with zero attached hydrogens (tertiary/aromatic N) is 1. The van der Waals surface area contributed by atoms with Crippen LogP contribution in [0, 0.1) is 25.2 Å². The molecule has 5 nitrogen and oxygen atoms in total. The molecule has 0 aliphatic rings. The Kier molecular flexibility index (Phi) is 8.75. The zero-order chi connectivity index (χ0) is 24.7. The van der Waals surface area contributed by atoms with Crippen molar-refractivity contribution < 1.29 is 14.3 Å². The van der Waals surface area contributed by atoms with Crippen molar-refractivity contribution in [2.75, 3.05) is 11.9 Å².